The fourth-order valence-corrected chi connectivity index (χ4v) is 5.27. The van der Waals surface area contributed by atoms with Gasteiger partial charge in [-0.3, -0.25) is 14.5 Å². The molecule has 5 rings (SSSR count). The Hall–Kier alpha value is -3.26. The van der Waals surface area contributed by atoms with E-state index in [4.69, 9.17) is 5.73 Å². The van der Waals surface area contributed by atoms with Gasteiger partial charge in [0.25, 0.3) is 5.91 Å². The third-order valence-electron chi connectivity index (χ3n) is 6.58. The van der Waals surface area contributed by atoms with Gasteiger partial charge in [-0.2, -0.15) is 0 Å². The number of carbonyl (C=O) groups excluding carboxylic acids is 2. The standard InChI is InChI=1S/C26H29N5O2S/c27-23(32)20-11-9-19(10-12-20)21-5-4-6-22(17-21)24(33)31(16-13-18-7-8-18)26-29-28-25(34-26)30-14-2-1-3-15-30/h4-6,9-12,17-18H,1-3,7-8,13-16H2,(H2,27,32). The highest BCUT2D eigenvalue weighted by Crippen LogP contribution is 2.35. The van der Waals surface area contributed by atoms with Crippen LogP contribution in [-0.2, 0) is 0 Å². The molecule has 176 valence electrons. The molecular formula is C26H29N5O2S. The van der Waals surface area contributed by atoms with Crippen molar-refractivity contribution in [2.45, 2.75) is 38.5 Å². The molecule has 1 aromatic heterocycles. The normalized spacial score (nSPS) is 15.8. The van der Waals surface area contributed by atoms with Crippen LogP contribution >= 0.6 is 11.3 Å². The molecular weight excluding hydrogens is 446 g/mol. The first-order chi connectivity index (χ1) is 16.6. The topological polar surface area (TPSA) is 92.4 Å². The van der Waals surface area contributed by atoms with Crippen molar-refractivity contribution in [3.05, 3.63) is 59.7 Å². The zero-order chi connectivity index (χ0) is 23.5. The van der Waals surface area contributed by atoms with Crippen molar-refractivity contribution < 1.29 is 9.59 Å². The van der Waals surface area contributed by atoms with Gasteiger partial charge in [0, 0.05) is 30.8 Å². The largest absolute Gasteiger partial charge is 0.366 e. The number of amides is 2. The van der Waals surface area contributed by atoms with Crippen LogP contribution in [0.5, 0.6) is 0 Å². The van der Waals surface area contributed by atoms with Gasteiger partial charge in [0.2, 0.25) is 16.2 Å². The highest BCUT2D eigenvalue weighted by Gasteiger charge is 2.27. The first kappa shape index (κ1) is 22.5. The van der Waals surface area contributed by atoms with Crippen molar-refractivity contribution in [3.8, 4) is 11.1 Å². The number of rotatable bonds is 8. The van der Waals surface area contributed by atoms with Gasteiger partial charge < -0.3 is 10.6 Å². The minimum atomic E-state index is -0.456. The molecule has 7 nitrogen and oxygen atoms in total. The van der Waals surface area contributed by atoms with Crippen molar-refractivity contribution in [1.82, 2.24) is 10.2 Å². The summed E-state index contributed by atoms with van der Waals surface area (Å²) in [6, 6.07) is 14.7. The van der Waals surface area contributed by atoms with E-state index < -0.39 is 5.91 Å². The van der Waals surface area contributed by atoms with E-state index in [2.05, 4.69) is 15.1 Å². The van der Waals surface area contributed by atoms with Crippen molar-refractivity contribution in [2.24, 2.45) is 11.7 Å². The van der Waals surface area contributed by atoms with Crippen LogP contribution in [0.25, 0.3) is 11.1 Å². The summed E-state index contributed by atoms with van der Waals surface area (Å²) in [7, 11) is 0. The van der Waals surface area contributed by atoms with E-state index in [-0.39, 0.29) is 5.91 Å². The fourth-order valence-electron chi connectivity index (χ4n) is 4.35. The van der Waals surface area contributed by atoms with Gasteiger partial charge in [0.1, 0.15) is 0 Å². The van der Waals surface area contributed by atoms with Crippen molar-refractivity contribution in [2.75, 3.05) is 29.4 Å². The summed E-state index contributed by atoms with van der Waals surface area (Å²) in [6.45, 7) is 2.65. The Bertz CT molecular complexity index is 1170. The first-order valence-electron chi connectivity index (χ1n) is 12.0. The van der Waals surface area contributed by atoms with Crippen LogP contribution < -0.4 is 15.5 Å². The van der Waals surface area contributed by atoms with E-state index >= 15 is 0 Å². The van der Waals surface area contributed by atoms with Crippen LogP contribution in [0.3, 0.4) is 0 Å². The summed E-state index contributed by atoms with van der Waals surface area (Å²) in [4.78, 5) is 29.1. The Balaban J connectivity index is 1.39. The molecule has 0 unspecified atom stereocenters. The molecule has 0 spiro atoms. The molecule has 0 radical (unpaired) electrons. The van der Waals surface area contributed by atoms with Crippen molar-refractivity contribution in [1.29, 1.82) is 0 Å². The second kappa shape index (κ2) is 9.93. The lowest BCUT2D eigenvalue weighted by Gasteiger charge is -2.25. The lowest BCUT2D eigenvalue weighted by atomic mass is 10.0. The maximum Gasteiger partial charge on any atom is 0.260 e. The average molecular weight is 476 g/mol. The molecule has 0 bridgehead atoms. The maximum absolute atomic E-state index is 13.7. The summed E-state index contributed by atoms with van der Waals surface area (Å²) in [5, 5.41) is 10.4. The first-order valence-corrected chi connectivity index (χ1v) is 12.8. The van der Waals surface area contributed by atoms with Gasteiger partial charge >= 0.3 is 0 Å². The lowest BCUT2D eigenvalue weighted by molar-refractivity contribution is 0.0982. The summed E-state index contributed by atoms with van der Waals surface area (Å²) in [5.41, 5.74) is 8.27. The van der Waals surface area contributed by atoms with Gasteiger partial charge in [-0.1, -0.05) is 48.4 Å². The number of piperidine rings is 1. The van der Waals surface area contributed by atoms with Crippen LogP contribution in [0.1, 0.15) is 59.2 Å². The predicted molar refractivity (Wildman–Crippen MR) is 135 cm³/mol. The maximum atomic E-state index is 13.7. The summed E-state index contributed by atoms with van der Waals surface area (Å²) in [6.07, 6.45) is 7.08. The van der Waals surface area contributed by atoms with Crippen LogP contribution in [0, 0.1) is 5.92 Å². The summed E-state index contributed by atoms with van der Waals surface area (Å²) >= 11 is 1.51. The molecule has 34 heavy (non-hydrogen) atoms. The predicted octanol–water partition coefficient (Wildman–Crippen LogP) is 4.74. The molecule has 8 heteroatoms. The zero-order valence-electron chi connectivity index (χ0n) is 19.2. The Morgan fingerprint density at radius 3 is 2.44 bits per heavy atom. The van der Waals surface area contributed by atoms with E-state index in [0.717, 1.165) is 35.8 Å². The van der Waals surface area contributed by atoms with Crippen molar-refractivity contribution >= 4 is 33.4 Å². The molecule has 1 aliphatic heterocycles. The van der Waals surface area contributed by atoms with Gasteiger partial charge in [0.05, 0.1) is 0 Å². The number of hydrogen-bond donors (Lipinski definition) is 1. The second-order valence-corrected chi connectivity index (χ2v) is 10.1. The number of hydrogen-bond acceptors (Lipinski definition) is 6. The molecule has 2 heterocycles. The molecule has 2 N–H and O–H groups in total. The van der Waals surface area contributed by atoms with E-state index in [9.17, 15) is 9.59 Å². The molecule has 0 atom stereocenters. The average Bonchev–Trinajstić information content (AvgIpc) is 3.58. The molecule has 2 amide bonds. The highest BCUT2D eigenvalue weighted by atomic mass is 32.1. The van der Waals surface area contributed by atoms with E-state index in [1.165, 1.54) is 43.4 Å². The Morgan fingerprint density at radius 1 is 0.971 bits per heavy atom. The summed E-state index contributed by atoms with van der Waals surface area (Å²) < 4.78 is 0. The molecule has 2 fully saturated rings. The molecule has 2 aliphatic rings. The fraction of sp³-hybridized carbons (Fsp3) is 0.385. The minimum Gasteiger partial charge on any atom is -0.366 e. The van der Waals surface area contributed by atoms with Crippen LogP contribution in [-0.4, -0.2) is 41.6 Å². The van der Waals surface area contributed by atoms with Crippen LogP contribution in [0.2, 0.25) is 0 Å². The Morgan fingerprint density at radius 2 is 1.74 bits per heavy atom. The Labute approximate surface area is 203 Å². The van der Waals surface area contributed by atoms with E-state index in [1.807, 2.05) is 36.4 Å². The van der Waals surface area contributed by atoms with Gasteiger partial charge in [-0.15, -0.1) is 10.2 Å². The highest BCUT2D eigenvalue weighted by molar-refractivity contribution is 7.19. The summed E-state index contributed by atoms with van der Waals surface area (Å²) in [5.74, 6) is 0.195. The van der Waals surface area contributed by atoms with E-state index in [1.54, 1.807) is 17.0 Å². The zero-order valence-corrected chi connectivity index (χ0v) is 20.0. The molecule has 2 aromatic carbocycles. The molecule has 1 saturated carbocycles. The van der Waals surface area contributed by atoms with Gasteiger partial charge in [-0.05, 0) is 67.0 Å². The lowest BCUT2D eigenvalue weighted by Crippen LogP contribution is -2.32. The number of anilines is 2. The smallest absolute Gasteiger partial charge is 0.260 e. The van der Waals surface area contributed by atoms with Gasteiger partial charge in [0.15, 0.2) is 0 Å². The number of aromatic nitrogens is 2. The number of nitrogens with zero attached hydrogens (tertiary/aromatic N) is 4. The van der Waals surface area contributed by atoms with Crippen molar-refractivity contribution in [3.63, 3.8) is 0 Å². The Kier molecular flexibility index (Phi) is 6.58. The second-order valence-electron chi connectivity index (χ2n) is 9.13. The van der Waals surface area contributed by atoms with Crippen LogP contribution in [0.4, 0.5) is 10.3 Å². The van der Waals surface area contributed by atoms with Gasteiger partial charge in [-0.25, -0.2) is 0 Å². The monoisotopic (exact) mass is 475 g/mol. The number of primary amides is 1. The molecule has 1 aliphatic carbocycles. The van der Waals surface area contributed by atoms with Crippen LogP contribution in [0.15, 0.2) is 48.5 Å². The molecule has 3 aromatic rings. The molecule has 1 saturated heterocycles. The number of nitrogens with two attached hydrogens (primary N) is 1. The number of carbonyl (C=O) groups is 2. The third kappa shape index (κ3) is 5.12. The quantitative estimate of drug-likeness (QED) is 0.508. The van der Waals surface area contributed by atoms with E-state index in [0.29, 0.717) is 28.7 Å². The number of benzene rings is 2. The minimum absolute atomic E-state index is 0.0578. The third-order valence-corrected chi connectivity index (χ3v) is 7.58. The SMILES string of the molecule is NC(=O)c1ccc(-c2cccc(C(=O)N(CCC3CC3)c3nnc(N4CCCCC4)s3)c2)cc1.